The van der Waals surface area contributed by atoms with Gasteiger partial charge in [-0.2, -0.15) is 12.7 Å². The van der Waals surface area contributed by atoms with Gasteiger partial charge in [0, 0.05) is 42.3 Å². The Hall–Kier alpha value is -1.30. The lowest BCUT2D eigenvalue weighted by molar-refractivity contribution is 0.354. The molecule has 1 saturated heterocycles. The summed E-state index contributed by atoms with van der Waals surface area (Å²) >= 11 is 6.22. The number of hydrogen-bond acceptors (Lipinski definition) is 6. The number of aromatic nitrogens is 1. The number of sulfonamides is 1. The minimum absolute atomic E-state index is 0.0941. The van der Waals surface area contributed by atoms with Gasteiger partial charge in [-0.05, 0) is 26.0 Å². The standard InChI is InChI=1S/C15H18ClN3O2S.CH4O3S/c1-11-8-17-6-3-7-19(11)22(20,21)14-5-2-4-12-9-18-10-13(16)15(12)14;1-5(2,3)4/h2,4-5,9-11,17H,3,6-8H2,1H3;1H3,(H,2,3,4). The summed E-state index contributed by atoms with van der Waals surface area (Å²) in [5.41, 5.74) is 0. The van der Waals surface area contributed by atoms with E-state index in [4.69, 9.17) is 16.2 Å². The molecule has 1 unspecified atom stereocenters. The molecule has 3 rings (SSSR count). The van der Waals surface area contributed by atoms with Crippen LogP contribution in [0.4, 0.5) is 0 Å². The van der Waals surface area contributed by atoms with Gasteiger partial charge in [0.05, 0.1) is 16.2 Å². The first kappa shape index (κ1) is 22.0. The fraction of sp³-hybridized carbons (Fsp3) is 0.438. The Morgan fingerprint density at radius 2 is 1.93 bits per heavy atom. The highest BCUT2D eigenvalue weighted by Crippen LogP contribution is 2.31. The van der Waals surface area contributed by atoms with Crippen molar-refractivity contribution in [2.45, 2.75) is 24.3 Å². The molecule has 0 bridgehead atoms. The van der Waals surface area contributed by atoms with E-state index in [1.807, 2.05) is 13.0 Å². The lowest BCUT2D eigenvalue weighted by Crippen LogP contribution is -2.41. The van der Waals surface area contributed by atoms with Gasteiger partial charge in [-0.15, -0.1) is 0 Å². The quantitative estimate of drug-likeness (QED) is 0.690. The Labute approximate surface area is 164 Å². The largest absolute Gasteiger partial charge is 0.315 e. The van der Waals surface area contributed by atoms with Crippen LogP contribution in [0.15, 0.2) is 35.5 Å². The fourth-order valence-electron chi connectivity index (χ4n) is 2.85. The maximum atomic E-state index is 13.1. The van der Waals surface area contributed by atoms with Gasteiger partial charge in [0.25, 0.3) is 10.1 Å². The molecule has 27 heavy (non-hydrogen) atoms. The fourth-order valence-corrected chi connectivity index (χ4v) is 5.08. The van der Waals surface area contributed by atoms with Crippen LogP contribution >= 0.6 is 11.6 Å². The molecule has 8 nitrogen and oxygen atoms in total. The Balaban J connectivity index is 0.000000465. The van der Waals surface area contributed by atoms with Crippen molar-refractivity contribution in [3.05, 3.63) is 35.6 Å². The Kier molecular flexibility index (Phi) is 7.17. The molecule has 11 heteroatoms. The molecule has 1 aromatic carbocycles. The van der Waals surface area contributed by atoms with Crippen LogP contribution in [0.2, 0.25) is 5.02 Å². The van der Waals surface area contributed by atoms with Crippen molar-refractivity contribution >= 4 is 42.5 Å². The number of pyridine rings is 1. The van der Waals surface area contributed by atoms with Gasteiger partial charge in [0.15, 0.2) is 0 Å². The molecular weight excluding hydrogens is 414 g/mol. The SMILES string of the molecule is CC1CNCCCN1S(=O)(=O)c1cccc2cncc(Cl)c12.CS(=O)(=O)O. The van der Waals surface area contributed by atoms with Crippen molar-refractivity contribution in [2.24, 2.45) is 0 Å². The first-order valence-electron chi connectivity index (χ1n) is 8.19. The molecule has 1 atom stereocenters. The van der Waals surface area contributed by atoms with E-state index < -0.39 is 20.1 Å². The van der Waals surface area contributed by atoms with Gasteiger partial charge in [-0.3, -0.25) is 9.54 Å². The highest BCUT2D eigenvalue weighted by Gasteiger charge is 2.31. The Morgan fingerprint density at radius 3 is 2.59 bits per heavy atom. The van der Waals surface area contributed by atoms with E-state index >= 15 is 0 Å². The van der Waals surface area contributed by atoms with E-state index in [1.165, 1.54) is 6.20 Å². The zero-order chi connectivity index (χ0) is 20.2. The van der Waals surface area contributed by atoms with Crippen molar-refractivity contribution in [1.82, 2.24) is 14.6 Å². The molecule has 150 valence electrons. The van der Waals surface area contributed by atoms with Crippen LogP contribution < -0.4 is 5.32 Å². The van der Waals surface area contributed by atoms with E-state index in [9.17, 15) is 16.8 Å². The van der Waals surface area contributed by atoms with Crippen molar-refractivity contribution in [3.8, 4) is 0 Å². The van der Waals surface area contributed by atoms with Gasteiger partial charge in [0.2, 0.25) is 10.0 Å². The Morgan fingerprint density at radius 1 is 1.26 bits per heavy atom. The first-order chi connectivity index (χ1) is 12.5. The lowest BCUT2D eigenvalue weighted by atomic mass is 10.2. The average molecular weight is 436 g/mol. The van der Waals surface area contributed by atoms with E-state index in [0.717, 1.165) is 18.4 Å². The average Bonchev–Trinajstić information content (AvgIpc) is 2.78. The van der Waals surface area contributed by atoms with Crippen molar-refractivity contribution in [2.75, 3.05) is 25.9 Å². The Bertz CT molecular complexity index is 999. The molecule has 1 fully saturated rings. The maximum absolute atomic E-state index is 13.1. The van der Waals surface area contributed by atoms with Crippen LogP contribution in [-0.2, 0) is 20.1 Å². The maximum Gasteiger partial charge on any atom is 0.261 e. The van der Waals surface area contributed by atoms with Crippen molar-refractivity contribution in [1.29, 1.82) is 0 Å². The molecular formula is C16H22ClN3O5S2. The van der Waals surface area contributed by atoms with Gasteiger partial charge in [0.1, 0.15) is 0 Å². The lowest BCUT2D eigenvalue weighted by Gasteiger charge is -2.26. The third kappa shape index (κ3) is 5.84. The van der Waals surface area contributed by atoms with Gasteiger partial charge >= 0.3 is 0 Å². The number of fused-ring (bicyclic) bond motifs is 1. The number of nitrogens with one attached hydrogen (secondary N) is 1. The van der Waals surface area contributed by atoms with Gasteiger partial charge in [-0.25, -0.2) is 8.42 Å². The summed E-state index contributed by atoms with van der Waals surface area (Å²) in [5.74, 6) is 0. The summed E-state index contributed by atoms with van der Waals surface area (Å²) in [4.78, 5) is 4.28. The normalized spacial score (nSPS) is 19.2. The van der Waals surface area contributed by atoms with Crippen LogP contribution in [0.3, 0.4) is 0 Å². The summed E-state index contributed by atoms with van der Waals surface area (Å²) in [6, 6.07) is 5.08. The third-order valence-electron chi connectivity index (χ3n) is 3.95. The predicted molar refractivity (Wildman–Crippen MR) is 105 cm³/mol. The third-order valence-corrected chi connectivity index (χ3v) is 6.29. The van der Waals surface area contributed by atoms with Gasteiger partial charge in [-0.1, -0.05) is 23.7 Å². The molecule has 0 amide bonds. The smallest absolute Gasteiger partial charge is 0.261 e. The van der Waals surface area contributed by atoms with E-state index in [0.29, 0.717) is 29.8 Å². The zero-order valence-electron chi connectivity index (χ0n) is 15.0. The number of hydrogen-bond donors (Lipinski definition) is 2. The first-order valence-corrected chi connectivity index (χ1v) is 11.9. The van der Waals surface area contributed by atoms with Crippen LogP contribution in [0.5, 0.6) is 0 Å². The summed E-state index contributed by atoms with van der Waals surface area (Å²) in [7, 11) is -7.27. The van der Waals surface area contributed by atoms with Crippen LogP contribution in [0, 0.1) is 0 Å². The highest BCUT2D eigenvalue weighted by molar-refractivity contribution is 7.89. The van der Waals surface area contributed by atoms with Crippen molar-refractivity contribution < 1.29 is 21.4 Å². The second-order valence-corrected chi connectivity index (χ2v) is 9.96. The molecule has 0 aliphatic carbocycles. The van der Waals surface area contributed by atoms with Crippen LogP contribution in [-0.4, -0.2) is 62.6 Å². The molecule has 0 radical (unpaired) electrons. The monoisotopic (exact) mass is 435 g/mol. The highest BCUT2D eigenvalue weighted by atomic mass is 35.5. The molecule has 2 heterocycles. The van der Waals surface area contributed by atoms with E-state index in [1.54, 1.807) is 22.6 Å². The molecule has 1 aromatic heterocycles. The molecule has 0 spiro atoms. The van der Waals surface area contributed by atoms with E-state index in [2.05, 4.69) is 10.3 Å². The minimum atomic E-state index is -3.67. The second kappa shape index (κ2) is 8.80. The van der Waals surface area contributed by atoms with E-state index in [-0.39, 0.29) is 10.9 Å². The molecule has 2 N–H and O–H groups in total. The summed E-state index contributed by atoms with van der Waals surface area (Å²) in [6.07, 6.45) is 4.63. The number of rotatable bonds is 2. The minimum Gasteiger partial charge on any atom is -0.315 e. The van der Waals surface area contributed by atoms with Gasteiger partial charge < -0.3 is 5.32 Å². The summed E-state index contributed by atoms with van der Waals surface area (Å²) < 4.78 is 53.7. The van der Waals surface area contributed by atoms with Crippen LogP contribution in [0.25, 0.3) is 10.8 Å². The molecule has 2 aromatic rings. The predicted octanol–water partition coefficient (Wildman–Crippen LogP) is 1.76. The zero-order valence-corrected chi connectivity index (χ0v) is 17.4. The van der Waals surface area contributed by atoms with Crippen LogP contribution in [0.1, 0.15) is 13.3 Å². The topological polar surface area (TPSA) is 117 Å². The number of halogens is 1. The number of nitrogens with zero attached hydrogens (tertiary/aromatic N) is 2. The summed E-state index contributed by atoms with van der Waals surface area (Å²) in [6.45, 7) is 3.91. The molecule has 1 aliphatic heterocycles. The second-order valence-electron chi connectivity index (χ2n) is 6.23. The molecule has 1 aliphatic rings. The van der Waals surface area contributed by atoms with Crippen molar-refractivity contribution in [3.63, 3.8) is 0 Å². The molecule has 0 saturated carbocycles. The number of benzene rings is 1. The summed E-state index contributed by atoms with van der Waals surface area (Å²) in [5, 5.41) is 4.89.